The minimum atomic E-state index is -4.14. The van der Waals surface area contributed by atoms with E-state index in [4.69, 9.17) is 0 Å². The predicted octanol–water partition coefficient (Wildman–Crippen LogP) is 2.49. The van der Waals surface area contributed by atoms with Crippen LogP contribution >= 0.6 is 11.3 Å². The van der Waals surface area contributed by atoms with Gasteiger partial charge in [-0.2, -0.15) is 4.31 Å². The predicted molar refractivity (Wildman–Crippen MR) is 101 cm³/mol. The fraction of sp³-hybridized carbons (Fsp3) is 0.444. The van der Waals surface area contributed by atoms with Crippen LogP contribution in [0.25, 0.3) is 0 Å². The van der Waals surface area contributed by atoms with Gasteiger partial charge in [0.25, 0.3) is 0 Å². The van der Waals surface area contributed by atoms with Crippen LogP contribution in [0.1, 0.15) is 23.5 Å². The van der Waals surface area contributed by atoms with Crippen LogP contribution in [0.3, 0.4) is 0 Å². The quantitative estimate of drug-likeness (QED) is 0.765. The van der Waals surface area contributed by atoms with E-state index in [9.17, 15) is 22.0 Å². The lowest BCUT2D eigenvalue weighted by Gasteiger charge is -2.30. The number of halogens is 2. The van der Waals surface area contributed by atoms with Gasteiger partial charge in [0.15, 0.2) is 0 Å². The van der Waals surface area contributed by atoms with Gasteiger partial charge >= 0.3 is 0 Å². The van der Waals surface area contributed by atoms with Gasteiger partial charge in [-0.25, -0.2) is 22.2 Å². The molecule has 10 heteroatoms. The molecule has 1 aromatic heterocycles. The Hall–Kier alpha value is -1.91. The highest BCUT2D eigenvalue weighted by Gasteiger charge is 2.33. The van der Waals surface area contributed by atoms with E-state index in [0.717, 1.165) is 27.1 Å². The highest BCUT2D eigenvalue weighted by Crippen LogP contribution is 2.26. The Kier molecular flexibility index (Phi) is 6.41. The van der Waals surface area contributed by atoms with Gasteiger partial charge in [0.2, 0.25) is 15.9 Å². The second-order valence-corrected chi connectivity index (χ2v) is 9.62. The Balaban J connectivity index is 1.53. The fourth-order valence-corrected chi connectivity index (χ4v) is 5.35. The Morgan fingerprint density at radius 2 is 2.04 bits per heavy atom. The first kappa shape index (κ1) is 20.8. The van der Waals surface area contributed by atoms with E-state index in [1.165, 1.54) is 0 Å². The first-order valence-corrected chi connectivity index (χ1v) is 11.2. The molecule has 0 spiro atoms. The summed E-state index contributed by atoms with van der Waals surface area (Å²) in [6.45, 7) is 2.56. The highest BCUT2D eigenvalue weighted by atomic mass is 32.2. The van der Waals surface area contributed by atoms with Crippen molar-refractivity contribution in [3.05, 3.63) is 45.9 Å². The number of benzene rings is 1. The Morgan fingerprint density at radius 1 is 1.32 bits per heavy atom. The van der Waals surface area contributed by atoms with Crippen molar-refractivity contribution in [2.24, 2.45) is 5.92 Å². The second kappa shape index (κ2) is 8.62. The van der Waals surface area contributed by atoms with Crippen molar-refractivity contribution < 1.29 is 22.0 Å². The highest BCUT2D eigenvalue weighted by molar-refractivity contribution is 7.89. The number of nitrogens with zero attached hydrogens (tertiary/aromatic N) is 2. The van der Waals surface area contributed by atoms with Crippen LogP contribution in [-0.4, -0.2) is 43.2 Å². The van der Waals surface area contributed by atoms with Gasteiger partial charge in [0.05, 0.1) is 10.7 Å². The van der Waals surface area contributed by atoms with E-state index < -0.39 is 26.6 Å². The lowest BCUT2D eigenvalue weighted by Crippen LogP contribution is -2.43. The van der Waals surface area contributed by atoms with Crippen LogP contribution in [0.4, 0.5) is 8.78 Å². The van der Waals surface area contributed by atoms with Gasteiger partial charge in [-0.3, -0.25) is 4.79 Å². The van der Waals surface area contributed by atoms with Crippen molar-refractivity contribution in [1.29, 1.82) is 0 Å². The summed E-state index contributed by atoms with van der Waals surface area (Å²) < 4.78 is 53.5. The Labute approximate surface area is 166 Å². The van der Waals surface area contributed by atoms with E-state index in [-0.39, 0.29) is 24.9 Å². The standard InChI is InChI=1S/C18H21F2N3O3S2/c1-12-22-15(11-27-12)4-7-21-18(24)13-5-8-23(9-6-13)28(25,26)17-10-14(19)2-3-16(17)20/h2-3,10-11,13H,4-9H2,1H3,(H,21,24). The molecule has 6 nitrogen and oxygen atoms in total. The van der Waals surface area contributed by atoms with E-state index in [0.29, 0.717) is 31.9 Å². The van der Waals surface area contributed by atoms with Gasteiger partial charge in [0, 0.05) is 37.4 Å². The summed E-state index contributed by atoms with van der Waals surface area (Å²) in [6, 6.07) is 2.35. The lowest BCUT2D eigenvalue weighted by atomic mass is 9.97. The molecule has 1 aliphatic heterocycles. The smallest absolute Gasteiger partial charge is 0.246 e. The summed E-state index contributed by atoms with van der Waals surface area (Å²) in [5.41, 5.74) is 0.931. The molecular weight excluding hydrogens is 408 g/mol. The number of rotatable bonds is 6. The van der Waals surface area contributed by atoms with Gasteiger partial charge in [0.1, 0.15) is 16.5 Å². The average molecular weight is 430 g/mol. The molecule has 1 saturated heterocycles. The second-order valence-electron chi connectivity index (χ2n) is 6.65. The summed E-state index contributed by atoms with van der Waals surface area (Å²) in [6.07, 6.45) is 1.30. The number of hydrogen-bond acceptors (Lipinski definition) is 5. The number of carbonyl (C=O) groups excluding carboxylic acids is 1. The minimum Gasteiger partial charge on any atom is -0.355 e. The average Bonchev–Trinajstić information content (AvgIpc) is 3.08. The Bertz CT molecular complexity index is 955. The molecule has 0 atom stereocenters. The number of hydrogen-bond donors (Lipinski definition) is 1. The summed E-state index contributed by atoms with van der Waals surface area (Å²) in [4.78, 5) is 16.0. The van der Waals surface area contributed by atoms with Crippen LogP contribution in [0.5, 0.6) is 0 Å². The zero-order chi connectivity index (χ0) is 20.3. The SMILES string of the molecule is Cc1nc(CCNC(=O)C2CCN(S(=O)(=O)c3cc(F)ccc3F)CC2)cs1. The molecular formula is C18H21F2N3O3S2. The molecule has 0 bridgehead atoms. The van der Waals surface area contributed by atoms with E-state index in [1.807, 2.05) is 12.3 Å². The van der Waals surface area contributed by atoms with Crippen molar-refractivity contribution >= 4 is 27.3 Å². The summed E-state index contributed by atoms with van der Waals surface area (Å²) >= 11 is 1.56. The largest absolute Gasteiger partial charge is 0.355 e. The van der Waals surface area contributed by atoms with Crippen molar-refractivity contribution in [2.45, 2.75) is 31.1 Å². The lowest BCUT2D eigenvalue weighted by molar-refractivity contribution is -0.126. The number of aromatic nitrogens is 1. The number of nitrogens with one attached hydrogen (secondary N) is 1. The molecule has 0 radical (unpaired) electrons. The van der Waals surface area contributed by atoms with Crippen LogP contribution in [0.2, 0.25) is 0 Å². The summed E-state index contributed by atoms with van der Waals surface area (Å²) in [5, 5.41) is 5.79. The molecule has 1 fully saturated rings. The number of piperidine rings is 1. The van der Waals surface area contributed by atoms with Crippen molar-refractivity contribution in [3.8, 4) is 0 Å². The molecule has 1 aliphatic rings. The van der Waals surface area contributed by atoms with Gasteiger partial charge in [-0.05, 0) is 38.0 Å². The summed E-state index contributed by atoms with van der Waals surface area (Å²) in [7, 11) is -4.14. The molecule has 3 rings (SSSR count). The number of sulfonamides is 1. The Morgan fingerprint density at radius 3 is 2.68 bits per heavy atom. The minimum absolute atomic E-state index is 0.0850. The number of thiazole rings is 1. The van der Waals surface area contributed by atoms with Crippen LogP contribution in [0, 0.1) is 24.5 Å². The number of carbonyl (C=O) groups is 1. The van der Waals surface area contributed by atoms with E-state index >= 15 is 0 Å². The first-order chi connectivity index (χ1) is 13.3. The fourth-order valence-electron chi connectivity index (χ4n) is 3.15. The molecule has 1 amide bonds. The van der Waals surface area contributed by atoms with Gasteiger partial charge < -0.3 is 5.32 Å². The van der Waals surface area contributed by atoms with Crippen molar-refractivity contribution in [1.82, 2.24) is 14.6 Å². The molecule has 1 N–H and O–H groups in total. The molecule has 28 heavy (non-hydrogen) atoms. The van der Waals surface area contributed by atoms with Crippen LogP contribution in [0.15, 0.2) is 28.5 Å². The first-order valence-electron chi connectivity index (χ1n) is 8.91. The molecule has 0 saturated carbocycles. The zero-order valence-corrected chi connectivity index (χ0v) is 17.0. The molecule has 2 aromatic rings. The molecule has 0 aliphatic carbocycles. The molecule has 152 valence electrons. The van der Waals surface area contributed by atoms with Crippen molar-refractivity contribution in [2.75, 3.05) is 19.6 Å². The topological polar surface area (TPSA) is 79.4 Å². The maximum atomic E-state index is 13.9. The zero-order valence-electron chi connectivity index (χ0n) is 15.3. The van der Waals surface area contributed by atoms with Crippen LogP contribution < -0.4 is 5.32 Å². The monoisotopic (exact) mass is 429 g/mol. The molecule has 2 heterocycles. The van der Waals surface area contributed by atoms with Crippen LogP contribution in [-0.2, 0) is 21.2 Å². The van der Waals surface area contributed by atoms with Gasteiger partial charge in [-0.15, -0.1) is 11.3 Å². The number of amides is 1. The third kappa shape index (κ3) is 4.73. The molecule has 0 unspecified atom stereocenters. The maximum Gasteiger partial charge on any atom is 0.246 e. The number of aryl methyl sites for hydroxylation is 1. The summed E-state index contributed by atoms with van der Waals surface area (Å²) in [5.74, 6) is -2.23. The third-order valence-electron chi connectivity index (χ3n) is 4.68. The maximum absolute atomic E-state index is 13.9. The van der Waals surface area contributed by atoms with E-state index in [1.54, 1.807) is 11.3 Å². The van der Waals surface area contributed by atoms with E-state index in [2.05, 4.69) is 10.3 Å². The van der Waals surface area contributed by atoms with Crippen molar-refractivity contribution in [3.63, 3.8) is 0 Å². The normalized spacial score (nSPS) is 16.2. The third-order valence-corrected chi connectivity index (χ3v) is 7.42. The van der Waals surface area contributed by atoms with Gasteiger partial charge in [-0.1, -0.05) is 0 Å². The molecule has 1 aromatic carbocycles.